The first kappa shape index (κ1) is 40.5. The molecule has 0 amide bonds. The van der Waals surface area contributed by atoms with Gasteiger partial charge in [0.15, 0.2) is 0 Å². The summed E-state index contributed by atoms with van der Waals surface area (Å²) in [4.78, 5) is 4.43. The molecule has 1 N–H and O–H groups in total. The van der Waals surface area contributed by atoms with Crippen molar-refractivity contribution < 1.29 is 9.68 Å². The van der Waals surface area contributed by atoms with Crippen molar-refractivity contribution in [3.05, 3.63) is 231 Å². The van der Waals surface area contributed by atoms with E-state index in [4.69, 9.17) is 9.68 Å². The van der Waals surface area contributed by atoms with Crippen molar-refractivity contribution in [3.63, 3.8) is 0 Å². The Kier molecular flexibility index (Phi) is 15.4. The van der Waals surface area contributed by atoms with Crippen LogP contribution < -0.4 is 14.5 Å². The fraction of sp³-hybridized carbons (Fsp3) is 0. The van der Waals surface area contributed by atoms with Gasteiger partial charge in [0.05, 0.1) is 0 Å². The summed E-state index contributed by atoms with van der Waals surface area (Å²) < 4.78 is 8.49. The molecule has 0 aromatic heterocycles. The van der Waals surface area contributed by atoms with Crippen molar-refractivity contribution in [1.29, 1.82) is 0 Å². The minimum Gasteiger partial charge on any atom is -0.537 e. The average Bonchev–Trinajstić information content (AvgIpc) is 3.25. The SMILES string of the molecule is Brc1ccccc1-c1ccc(N(c2ccccc2)c2ccccc2)cc1.Brc1ccccc1I.O[B]Oc1ccc(N(c2ccccc2)c2ccccc2)cc1. The van der Waals surface area contributed by atoms with E-state index in [1.54, 1.807) is 0 Å². The summed E-state index contributed by atoms with van der Waals surface area (Å²) >= 11 is 9.31. The molecule has 8 heteroatoms. The normalized spacial score (nSPS) is 10.1. The van der Waals surface area contributed by atoms with Gasteiger partial charge >= 0.3 is 7.69 Å². The standard InChI is InChI=1S/C24H18BrN.C18H15BNO2.C6H4BrI/c25-24-14-8-7-13-23(24)19-15-17-22(18-16-19)26(20-9-3-1-4-10-20)21-11-5-2-6-12-21;21-19-22-18-13-11-17(12-14-18)20(15-7-3-1-4-8-15)16-9-5-2-6-10-16;7-5-3-1-2-4-6(5)8/h1-18H;1-14,21H;1-4H. The Balaban J connectivity index is 0.000000160. The van der Waals surface area contributed by atoms with Crippen LogP contribution in [-0.4, -0.2) is 12.7 Å². The van der Waals surface area contributed by atoms with Crippen LogP contribution in [0, 0.1) is 3.57 Å². The number of benzene rings is 8. The molecule has 275 valence electrons. The summed E-state index contributed by atoms with van der Waals surface area (Å²) in [6.45, 7) is 0. The molecule has 0 aliphatic rings. The first-order valence-electron chi connectivity index (χ1n) is 17.8. The van der Waals surface area contributed by atoms with E-state index in [1.165, 1.54) is 19.2 Å². The zero-order valence-corrected chi connectivity index (χ0v) is 35.6. The highest BCUT2D eigenvalue weighted by Gasteiger charge is 2.13. The van der Waals surface area contributed by atoms with Crippen LogP contribution in [0.4, 0.5) is 34.1 Å². The average molecular weight is 971 g/mol. The van der Waals surface area contributed by atoms with Crippen molar-refractivity contribution in [1.82, 2.24) is 0 Å². The molecule has 0 atom stereocenters. The number of rotatable bonds is 9. The Bertz CT molecular complexity index is 2260. The summed E-state index contributed by atoms with van der Waals surface area (Å²) in [7, 11) is 0.682. The lowest BCUT2D eigenvalue weighted by atomic mass is 10.0. The molecule has 56 heavy (non-hydrogen) atoms. The molecule has 1 radical (unpaired) electrons. The van der Waals surface area contributed by atoms with E-state index in [0.717, 1.165) is 38.6 Å². The van der Waals surface area contributed by atoms with E-state index >= 15 is 0 Å². The highest BCUT2D eigenvalue weighted by atomic mass is 127. The lowest BCUT2D eigenvalue weighted by Crippen LogP contribution is -2.09. The van der Waals surface area contributed by atoms with Crippen LogP contribution in [-0.2, 0) is 0 Å². The van der Waals surface area contributed by atoms with Gasteiger partial charge in [0.2, 0.25) is 0 Å². The van der Waals surface area contributed by atoms with Crippen molar-refractivity contribution in [2.24, 2.45) is 0 Å². The molecule has 0 spiro atoms. The molecule has 0 heterocycles. The van der Waals surface area contributed by atoms with E-state index in [1.807, 2.05) is 97.1 Å². The number of anilines is 6. The minimum atomic E-state index is 0.590. The molecule has 8 aromatic carbocycles. The Morgan fingerprint density at radius 1 is 0.393 bits per heavy atom. The maximum absolute atomic E-state index is 8.70. The van der Waals surface area contributed by atoms with E-state index in [0.29, 0.717) is 13.4 Å². The number of halogens is 3. The van der Waals surface area contributed by atoms with Gasteiger partial charge in [0.25, 0.3) is 0 Å². The van der Waals surface area contributed by atoms with Crippen LogP contribution in [0.1, 0.15) is 0 Å². The van der Waals surface area contributed by atoms with Gasteiger partial charge in [-0.05, 0) is 153 Å². The molecule has 0 aliphatic heterocycles. The largest absolute Gasteiger partial charge is 0.569 e. The van der Waals surface area contributed by atoms with Crippen LogP contribution in [0.5, 0.6) is 5.75 Å². The molecule has 0 fully saturated rings. The maximum Gasteiger partial charge on any atom is 0.569 e. The highest BCUT2D eigenvalue weighted by molar-refractivity contribution is 14.1. The second-order valence-corrected chi connectivity index (χ2v) is 15.0. The maximum atomic E-state index is 8.70. The first-order valence-corrected chi connectivity index (χ1v) is 20.5. The lowest BCUT2D eigenvalue weighted by Gasteiger charge is -2.25. The smallest absolute Gasteiger partial charge is 0.537 e. The molecule has 0 saturated carbocycles. The fourth-order valence-corrected chi connectivity index (χ4v) is 7.05. The number of nitrogens with zero attached hydrogens (tertiary/aromatic N) is 2. The molecule has 4 nitrogen and oxygen atoms in total. The third kappa shape index (κ3) is 11.2. The molecular weight excluding hydrogens is 934 g/mol. The van der Waals surface area contributed by atoms with Crippen molar-refractivity contribution in [2.45, 2.75) is 0 Å². The topological polar surface area (TPSA) is 35.9 Å². The molecule has 8 rings (SSSR count). The number of hydrogen-bond acceptors (Lipinski definition) is 4. The summed E-state index contributed by atoms with van der Waals surface area (Å²) in [6.07, 6.45) is 0. The lowest BCUT2D eigenvalue weighted by molar-refractivity contribution is 0.454. The second-order valence-electron chi connectivity index (χ2n) is 12.2. The van der Waals surface area contributed by atoms with Crippen molar-refractivity contribution in [3.8, 4) is 16.9 Å². The molecule has 8 aromatic rings. The van der Waals surface area contributed by atoms with Crippen LogP contribution in [0.15, 0.2) is 227 Å². The quantitative estimate of drug-likeness (QED) is 0.115. The van der Waals surface area contributed by atoms with Gasteiger partial charge in [0.1, 0.15) is 5.75 Å². The van der Waals surface area contributed by atoms with Crippen LogP contribution in [0.3, 0.4) is 0 Å². The predicted octanol–water partition coefficient (Wildman–Crippen LogP) is 14.7. The van der Waals surface area contributed by atoms with E-state index in [9.17, 15) is 0 Å². The van der Waals surface area contributed by atoms with Gasteiger partial charge < -0.3 is 19.5 Å². The summed E-state index contributed by atoms with van der Waals surface area (Å²) in [5.74, 6) is 0.590. The second kappa shape index (κ2) is 21.3. The van der Waals surface area contributed by atoms with Gasteiger partial charge in [-0.1, -0.05) is 131 Å². The van der Waals surface area contributed by atoms with Gasteiger partial charge in [0, 0.05) is 46.6 Å². The molecule has 0 saturated heterocycles. The van der Waals surface area contributed by atoms with E-state index < -0.39 is 0 Å². The Labute approximate surface area is 360 Å². The number of hydrogen-bond donors (Lipinski definition) is 1. The zero-order chi connectivity index (χ0) is 39.0. The van der Waals surface area contributed by atoms with Gasteiger partial charge in [-0.25, -0.2) is 0 Å². The molecule has 0 aliphatic carbocycles. The van der Waals surface area contributed by atoms with Gasteiger partial charge in [-0.15, -0.1) is 0 Å². The third-order valence-corrected chi connectivity index (χ3v) is 11.5. The Morgan fingerprint density at radius 3 is 1.09 bits per heavy atom. The third-order valence-electron chi connectivity index (χ3n) is 8.48. The monoisotopic (exact) mass is 969 g/mol. The van der Waals surface area contributed by atoms with Gasteiger partial charge in [-0.3, -0.25) is 0 Å². The van der Waals surface area contributed by atoms with Gasteiger partial charge in [-0.2, -0.15) is 0 Å². The first-order chi connectivity index (χ1) is 27.5. The summed E-state index contributed by atoms with van der Waals surface area (Å²) in [5, 5.41) is 8.70. The molecule has 0 bridgehead atoms. The van der Waals surface area contributed by atoms with Crippen molar-refractivity contribution >= 4 is 96.3 Å². The molecular formula is C48H37BBr2IN2O2. The Morgan fingerprint density at radius 2 is 0.732 bits per heavy atom. The molecule has 0 unspecified atom stereocenters. The number of para-hydroxylation sites is 4. The van der Waals surface area contributed by atoms with E-state index in [-0.39, 0.29) is 0 Å². The predicted molar refractivity (Wildman–Crippen MR) is 251 cm³/mol. The fourth-order valence-electron chi connectivity index (χ4n) is 5.86. The minimum absolute atomic E-state index is 0.590. The van der Waals surface area contributed by atoms with Crippen molar-refractivity contribution in [2.75, 3.05) is 9.80 Å². The van der Waals surface area contributed by atoms with Crippen LogP contribution >= 0.6 is 54.5 Å². The highest BCUT2D eigenvalue weighted by Crippen LogP contribution is 2.37. The van der Waals surface area contributed by atoms with E-state index in [2.05, 4.69) is 186 Å². The summed E-state index contributed by atoms with van der Waals surface area (Å²) in [5.41, 5.74) is 9.00. The van der Waals surface area contributed by atoms with Crippen LogP contribution in [0.2, 0.25) is 0 Å². The Hall–Kier alpha value is -5.13. The van der Waals surface area contributed by atoms with Crippen LogP contribution in [0.25, 0.3) is 11.1 Å². The zero-order valence-electron chi connectivity index (χ0n) is 30.2. The summed E-state index contributed by atoms with van der Waals surface area (Å²) in [6, 6.07) is 73.9.